The largest absolute Gasteiger partial charge is 0.494 e. The molecule has 1 aromatic rings. The summed E-state index contributed by atoms with van der Waals surface area (Å²) in [5, 5.41) is 9.99. The SMILES string of the molecule is Cc1c(O)n(C2CCN(C)C(C)C2)c(=O)[nH]c1=O. The van der Waals surface area contributed by atoms with E-state index in [1.165, 1.54) is 11.5 Å². The van der Waals surface area contributed by atoms with Gasteiger partial charge in [-0.15, -0.1) is 0 Å². The fraction of sp³-hybridized carbons (Fsp3) is 0.667. The highest BCUT2D eigenvalue weighted by Crippen LogP contribution is 2.27. The first kappa shape index (κ1) is 12.9. The summed E-state index contributed by atoms with van der Waals surface area (Å²) in [5.74, 6) is -0.203. The average Bonchev–Trinajstić information content (AvgIpc) is 2.31. The van der Waals surface area contributed by atoms with Gasteiger partial charge in [-0.05, 0) is 33.7 Å². The lowest BCUT2D eigenvalue weighted by atomic mass is 9.98. The Morgan fingerprint density at radius 2 is 2.06 bits per heavy atom. The number of hydrogen-bond acceptors (Lipinski definition) is 4. The molecule has 1 aliphatic rings. The standard InChI is InChI=1S/C12H19N3O3/c1-7-6-9(4-5-14(7)3)15-11(17)8(2)10(16)13-12(15)18/h7,9,17H,4-6H2,1-3H3,(H,13,16,18). The molecule has 0 aromatic carbocycles. The quantitative estimate of drug-likeness (QED) is 0.749. The summed E-state index contributed by atoms with van der Waals surface area (Å²) >= 11 is 0. The van der Waals surface area contributed by atoms with Crippen LogP contribution in [0.5, 0.6) is 5.88 Å². The van der Waals surface area contributed by atoms with Crippen molar-refractivity contribution < 1.29 is 5.11 Å². The Balaban J connectivity index is 2.43. The molecule has 0 aliphatic carbocycles. The fourth-order valence-corrected chi connectivity index (χ4v) is 2.47. The zero-order chi connectivity index (χ0) is 13.4. The average molecular weight is 253 g/mol. The topological polar surface area (TPSA) is 78.3 Å². The second kappa shape index (κ2) is 4.61. The summed E-state index contributed by atoms with van der Waals surface area (Å²) in [6.45, 7) is 4.48. The van der Waals surface area contributed by atoms with E-state index in [2.05, 4.69) is 16.8 Å². The molecule has 2 heterocycles. The maximum absolute atomic E-state index is 11.8. The van der Waals surface area contributed by atoms with Crippen molar-refractivity contribution >= 4 is 0 Å². The third kappa shape index (κ3) is 2.08. The summed E-state index contributed by atoms with van der Waals surface area (Å²) in [4.78, 5) is 27.7. The van der Waals surface area contributed by atoms with E-state index in [-0.39, 0.29) is 17.5 Å². The lowest BCUT2D eigenvalue weighted by Crippen LogP contribution is -2.42. The molecule has 2 N–H and O–H groups in total. The van der Waals surface area contributed by atoms with Crippen molar-refractivity contribution in [3.8, 4) is 5.88 Å². The van der Waals surface area contributed by atoms with E-state index in [0.29, 0.717) is 6.04 Å². The van der Waals surface area contributed by atoms with E-state index in [9.17, 15) is 14.7 Å². The maximum Gasteiger partial charge on any atom is 0.331 e. The summed E-state index contributed by atoms with van der Waals surface area (Å²) in [5.41, 5.74) is -0.847. The summed E-state index contributed by atoms with van der Waals surface area (Å²) in [6, 6.07) is 0.293. The highest BCUT2D eigenvalue weighted by Gasteiger charge is 2.27. The van der Waals surface area contributed by atoms with E-state index < -0.39 is 11.2 Å². The van der Waals surface area contributed by atoms with Gasteiger partial charge in [0.1, 0.15) is 0 Å². The molecule has 2 unspecified atom stereocenters. The zero-order valence-electron chi connectivity index (χ0n) is 10.9. The molecular weight excluding hydrogens is 234 g/mol. The summed E-state index contributed by atoms with van der Waals surface area (Å²) in [7, 11) is 2.04. The van der Waals surface area contributed by atoms with Crippen molar-refractivity contribution in [1.29, 1.82) is 0 Å². The Bertz CT molecular complexity index is 561. The van der Waals surface area contributed by atoms with Crippen LogP contribution in [0.3, 0.4) is 0 Å². The number of nitrogens with zero attached hydrogens (tertiary/aromatic N) is 2. The smallest absolute Gasteiger partial charge is 0.331 e. The lowest BCUT2D eigenvalue weighted by Gasteiger charge is -2.35. The number of rotatable bonds is 1. The molecule has 1 fully saturated rings. The molecule has 1 aliphatic heterocycles. The van der Waals surface area contributed by atoms with Gasteiger partial charge in [0.2, 0.25) is 5.88 Å². The van der Waals surface area contributed by atoms with Crippen molar-refractivity contribution in [2.75, 3.05) is 13.6 Å². The molecule has 0 amide bonds. The molecule has 1 saturated heterocycles. The van der Waals surface area contributed by atoms with Gasteiger partial charge in [-0.2, -0.15) is 0 Å². The van der Waals surface area contributed by atoms with Crippen LogP contribution < -0.4 is 11.2 Å². The zero-order valence-corrected chi connectivity index (χ0v) is 10.9. The highest BCUT2D eigenvalue weighted by atomic mass is 16.3. The van der Waals surface area contributed by atoms with Crippen molar-refractivity contribution in [2.24, 2.45) is 0 Å². The molecule has 18 heavy (non-hydrogen) atoms. The van der Waals surface area contributed by atoms with E-state index in [0.717, 1.165) is 19.4 Å². The predicted molar refractivity (Wildman–Crippen MR) is 68.1 cm³/mol. The van der Waals surface area contributed by atoms with Crippen LogP contribution in [0.1, 0.15) is 31.4 Å². The van der Waals surface area contributed by atoms with Gasteiger partial charge in [-0.1, -0.05) is 0 Å². The molecule has 6 nitrogen and oxygen atoms in total. The molecule has 0 saturated carbocycles. The van der Waals surface area contributed by atoms with Gasteiger partial charge in [-0.25, -0.2) is 4.79 Å². The first-order valence-electron chi connectivity index (χ1n) is 6.16. The second-order valence-corrected chi connectivity index (χ2v) is 5.09. The molecular formula is C12H19N3O3. The van der Waals surface area contributed by atoms with Crippen LogP contribution in [0.2, 0.25) is 0 Å². The van der Waals surface area contributed by atoms with Crippen molar-refractivity contribution in [3.63, 3.8) is 0 Å². The third-order valence-electron chi connectivity index (χ3n) is 3.89. The fourth-order valence-electron chi connectivity index (χ4n) is 2.47. The molecule has 0 spiro atoms. The van der Waals surface area contributed by atoms with Crippen LogP contribution in [0.4, 0.5) is 0 Å². The Hall–Kier alpha value is -1.56. The third-order valence-corrected chi connectivity index (χ3v) is 3.89. The Kier molecular flexibility index (Phi) is 3.30. The number of H-pyrrole nitrogens is 1. The number of likely N-dealkylation sites (tertiary alicyclic amines) is 1. The van der Waals surface area contributed by atoms with E-state index in [1.807, 2.05) is 7.05 Å². The van der Waals surface area contributed by atoms with Crippen LogP contribution in [-0.2, 0) is 0 Å². The molecule has 6 heteroatoms. The lowest BCUT2D eigenvalue weighted by molar-refractivity contribution is 0.148. The minimum atomic E-state index is -0.523. The summed E-state index contributed by atoms with van der Waals surface area (Å²) < 4.78 is 1.32. The number of aromatic nitrogens is 2. The van der Waals surface area contributed by atoms with Crippen LogP contribution in [-0.4, -0.2) is 39.2 Å². The Morgan fingerprint density at radius 3 is 2.67 bits per heavy atom. The van der Waals surface area contributed by atoms with Gasteiger partial charge >= 0.3 is 5.69 Å². The molecule has 0 radical (unpaired) electrons. The van der Waals surface area contributed by atoms with Crippen LogP contribution in [0, 0.1) is 6.92 Å². The molecule has 0 bridgehead atoms. The van der Waals surface area contributed by atoms with Gasteiger partial charge in [0.25, 0.3) is 5.56 Å². The summed E-state index contributed by atoms with van der Waals surface area (Å²) in [6.07, 6.45) is 1.58. The first-order valence-corrected chi connectivity index (χ1v) is 6.16. The van der Waals surface area contributed by atoms with Gasteiger partial charge in [0.05, 0.1) is 5.56 Å². The highest BCUT2D eigenvalue weighted by molar-refractivity contribution is 5.21. The normalized spacial score (nSPS) is 25.3. The minimum Gasteiger partial charge on any atom is -0.494 e. The molecule has 2 atom stereocenters. The van der Waals surface area contributed by atoms with Gasteiger partial charge in [0.15, 0.2) is 0 Å². The molecule has 2 rings (SSSR count). The van der Waals surface area contributed by atoms with Crippen LogP contribution in [0.25, 0.3) is 0 Å². The number of nitrogens with one attached hydrogen (secondary N) is 1. The monoisotopic (exact) mass is 253 g/mol. The van der Waals surface area contributed by atoms with Crippen LogP contribution >= 0.6 is 0 Å². The minimum absolute atomic E-state index is 0.0563. The van der Waals surface area contributed by atoms with Crippen molar-refractivity contribution in [1.82, 2.24) is 14.5 Å². The second-order valence-electron chi connectivity index (χ2n) is 5.09. The van der Waals surface area contributed by atoms with Gasteiger partial charge in [-0.3, -0.25) is 14.3 Å². The van der Waals surface area contributed by atoms with E-state index in [1.54, 1.807) is 0 Å². The number of aromatic hydroxyl groups is 1. The number of hydrogen-bond donors (Lipinski definition) is 2. The maximum atomic E-state index is 11.8. The Morgan fingerprint density at radius 1 is 1.39 bits per heavy atom. The van der Waals surface area contributed by atoms with Gasteiger partial charge in [0, 0.05) is 18.6 Å². The van der Waals surface area contributed by atoms with Crippen LogP contribution in [0.15, 0.2) is 9.59 Å². The molecule has 1 aromatic heterocycles. The first-order chi connectivity index (χ1) is 8.41. The molecule has 100 valence electrons. The van der Waals surface area contributed by atoms with Gasteiger partial charge < -0.3 is 10.0 Å². The van der Waals surface area contributed by atoms with E-state index >= 15 is 0 Å². The predicted octanol–water partition coefficient (Wildman–Crippen LogP) is 0.206. The number of aromatic amines is 1. The Labute approximate surface area is 105 Å². The van der Waals surface area contributed by atoms with Crippen molar-refractivity contribution in [3.05, 3.63) is 26.4 Å². The van der Waals surface area contributed by atoms with Crippen molar-refractivity contribution in [2.45, 2.75) is 38.8 Å². The number of piperidine rings is 1. The van der Waals surface area contributed by atoms with E-state index in [4.69, 9.17) is 0 Å².